The zero-order chi connectivity index (χ0) is 24.6. The van der Waals surface area contributed by atoms with Crippen LogP contribution in [0.15, 0.2) is 52.9 Å². The predicted molar refractivity (Wildman–Crippen MR) is 122 cm³/mol. The number of fused-ring (bicyclic) bond motifs is 1. The summed E-state index contributed by atoms with van der Waals surface area (Å²) >= 11 is 1.33. The molecule has 3 aromatic rings. The number of rotatable bonds is 6. The van der Waals surface area contributed by atoms with E-state index in [0.29, 0.717) is 11.1 Å². The molecule has 7 nitrogen and oxygen atoms in total. The Morgan fingerprint density at radius 2 is 1.82 bits per heavy atom. The zero-order valence-corrected chi connectivity index (χ0v) is 19.5. The van der Waals surface area contributed by atoms with Crippen LogP contribution in [0.4, 0.5) is 18.9 Å². The van der Waals surface area contributed by atoms with Crippen molar-refractivity contribution in [3.05, 3.63) is 53.5 Å². The summed E-state index contributed by atoms with van der Waals surface area (Å²) in [6.07, 6.45) is -5.66. The van der Waals surface area contributed by atoms with Crippen LogP contribution in [0, 0.1) is 0 Å². The van der Waals surface area contributed by atoms with Crippen LogP contribution < -0.4 is 4.72 Å². The quantitative estimate of drug-likeness (QED) is 0.509. The summed E-state index contributed by atoms with van der Waals surface area (Å²) in [4.78, 5) is 18.4. The number of para-hydroxylation sites is 1. The molecule has 1 fully saturated rings. The van der Waals surface area contributed by atoms with Crippen LogP contribution in [0.1, 0.15) is 36.0 Å². The molecule has 0 unspecified atom stereocenters. The van der Waals surface area contributed by atoms with E-state index in [1.807, 2.05) is 0 Å². The first kappa shape index (κ1) is 24.4. The molecular weight excluding hydrogens is 491 g/mol. The van der Waals surface area contributed by atoms with E-state index in [-0.39, 0.29) is 48.8 Å². The van der Waals surface area contributed by atoms with Crippen LogP contribution in [0.2, 0.25) is 0 Å². The summed E-state index contributed by atoms with van der Waals surface area (Å²) in [6, 6.07) is 10.8. The molecule has 1 aromatic heterocycles. The number of amides is 1. The zero-order valence-electron chi connectivity index (χ0n) is 17.9. The smallest absolute Gasteiger partial charge is 0.389 e. The van der Waals surface area contributed by atoms with Crippen LogP contribution in [0.5, 0.6) is 0 Å². The van der Waals surface area contributed by atoms with Gasteiger partial charge in [0.15, 0.2) is 0 Å². The predicted octanol–water partition coefficient (Wildman–Crippen LogP) is 4.41. The number of likely N-dealkylation sites (tertiary alicyclic amines) is 1. The number of piperidine rings is 1. The maximum Gasteiger partial charge on any atom is 0.389 e. The van der Waals surface area contributed by atoms with E-state index in [4.69, 9.17) is 0 Å². The number of hydrogen-bond acceptors (Lipinski definition) is 6. The molecule has 2 heterocycles. The van der Waals surface area contributed by atoms with Gasteiger partial charge in [-0.3, -0.25) is 9.52 Å². The van der Waals surface area contributed by atoms with E-state index in [9.17, 15) is 31.5 Å². The van der Waals surface area contributed by atoms with E-state index in [1.165, 1.54) is 46.6 Å². The number of nitrogens with zero attached hydrogens (tertiary/aromatic N) is 2. The molecule has 0 saturated carbocycles. The number of thiazole rings is 1. The lowest BCUT2D eigenvalue weighted by Crippen LogP contribution is -2.47. The summed E-state index contributed by atoms with van der Waals surface area (Å²) < 4.78 is 66.3. The van der Waals surface area contributed by atoms with Crippen molar-refractivity contribution < 1.29 is 31.5 Å². The molecular formula is C22H22F3N3O4S2. The van der Waals surface area contributed by atoms with E-state index < -0.39 is 28.2 Å². The molecule has 1 saturated heterocycles. The Morgan fingerprint density at radius 1 is 1.15 bits per heavy atom. The Kier molecular flexibility index (Phi) is 6.58. The lowest BCUT2D eigenvalue weighted by atomic mass is 9.86. The Labute approximate surface area is 198 Å². The van der Waals surface area contributed by atoms with Gasteiger partial charge in [0.2, 0.25) is 0 Å². The molecule has 2 N–H and O–H groups in total. The van der Waals surface area contributed by atoms with Crippen molar-refractivity contribution in [2.75, 3.05) is 17.8 Å². The van der Waals surface area contributed by atoms with Crippen LogP contribution in [-0.2, 0) is 10.0 Å². The minimum Gasteiger partial charge on any atom is -0.390 e. The number of carbonyl (C=O) groups excluding carboxylic acids is 1. The van der Waals surface area contributed by atoms with Gasteiger partial charge in [0, 0.05) is 30.8 Å². The molecule has 0 bridgehead atoms. The van der Waals surface area contributed by atoms with E-state index in [1.54, 1.807) is 17.6 Å². The van der Waals surface area contributed by atoms with Gasteiger partial charge in [-0.1, -0.05) is 6.07 Å². The number of sulfonamides is 1. The number of aromatic nitrogens is 1. The van der Waals surface area contributed by atoms with Crippen LogP contribution >= 0.6 is 11.3 Å². The molecule has 0 spiro atoms. The highest BCUT2D eigenvalue weighted by atomic mass is 32.2. The van der Waals surface area contributed by atoms with Crippen LogP contribution in [0.25, 0.3) is 10.2 Å². The first-order chi connectivity index (χ1) is 16.0. The SMILES string of the molecule is O=C(c1ccc(NS(=O)(=O)c2cccc3scnc23)cc1)N1CCC(O)(CCC(F)(F)F)CC1. The molecule has 1 aliphatic rings. The standard InChI is InChI=1S/C22H22F3N3O4S2/c23-22(24,25)9-8-21(30)10-12-28(13-11-21)20(29)15-4-6-16(7-5-15)27-34(31,32)18-3-1-2-17-19(18)26-14-33-17/h1-7,14,27,30H,8-13H2. The van der Waals surface area contributed by atoms with Gasteiger partial charge in [-0.05, 0) is 55.7 Å². The molecule has 0 atom stereocenters. The first-order valence-electron chi connectivity index (χ1n) is 10.5. The Hall–Kier alpha value is -2.70. The maximum absolute atomic E-state index is 12.8. The monoisotopic (exact) mass is 513 g/mol. The number of benzene rings is 2. The molecule has 0 radical (unpaired) electrons. The number of anilines is 1. The molecule has 4 rings (SSSR count). The van der Waals surface area contributed by atoms with E-state index in [2.05, 4.69) is 9.71 Å². The number of halogens is 3. The second-order valence-corrected chi connectivity index (χ2v) is 10.8. The number of carbonyl (C=O) groups is 1. The fourth-order valence-electron chi connectivity index (χ4n) is 3.90. The summed E-state index contributed by atoms with van der Waals surface area (Å²) in [6.45, 7) is 0.276. The summed E-state index contributed by atoms with van der Waals surface area (Å²) in [7, 11) is -3.90. The summed E-state index contributed by atoms with van der Waals surface area (Å²) in [5.41, 5.74) is 1.09. The van der Waals surface area contributed by atoms with Gasteiger partial charge in [0.25, 0.3) is 15.9 Å². The summed E-state index contributed by atoms with van der Waals surface area (Å²) in [5.74, 6) is -0.334. The van der Waals surface area contributed by atoms with Crippen molar-refractivity contribution in [2.45, 2.75) is 42.4 Å². The highest BCUT2D eigenvalue weighted by molar-refractivity contribution is 7.93. The number of aliphatic hydroxyl groups is 1. The van der Waals surface area contributed by atoms with Crippen LogP contribution in [0.3, 0.4) is 0 Å². The van der Waals surface area contributed by atoms with E-state index >= 15 is 0 Å². The number of alkyl halides is 3. The van der Waals surface area contributed by atoms with Crippen molar-refractivity contribution in [1.82, 2.24) is 9.88 Å². The maximum atomic E-state index is 12.8. The number of nitrogens with one attached hydrogen (secondary N) is 1. The van der Waals surface area contributed by atoms with Gasteiger partial charge in [-0.2, -0.15) is 13.2 Å². The molecule has 182 valence electrons. The molecule has 34 heavy (non-hydrogen) atoms. The van der Waals surface area contributed by atoms with Gasteiger partial charge in [0.05, 0.1) is 15.8 Å². The fourth-order valence-corrected chi connectivity index (χ4v) is 5.90. The molecule has 12 heteroatoms. The first-order valence-corrected chi connectivity index (χ1v) is 12.9. The molecule has 1 aliphatic heterocycles. The van der Waals surface area contributed by atoms with Gasteiger partial charge in [-0.25, -0.2) is 13.4 Å². The van der Waals surface area contributed by atoms with Gasteiger partial charge >= 0.3 is 6.18 Å². The van der Waals surface area contributed by atoms with Crippen molar-refractivity contribution in [1.29, 1.82) is 0 Å². The van der Waals surface area contributed by atoms with E-state index in [0.717, 1.165) is 4.70 Å². The van der Waals surface area contributed by atoms with Crippen molar-refractivity contribution in [2.24, 2.45) is 0 Å². The summed E-state index contributed by atoms with van der Waals surface area (Å²) in [5, 5.41) is 10.4. The second-order valence-electron chi connectivity index (χ2n) is 8.27. The van der Waals surface area contributed by atoms with Crippen molar-refractivity contribution in [3.8, 4) is 0 Å². The average Bonchev–Trinajstić information content (AvgIpc) is 3.27. The van der Waals surface area contributed by atoms with Crippen LogP contribution in [-0.4, -0.2) is 54.2 Å². The minimum absolute atomic E-state index is 0.0535. The highest BCUT2D eigenvalue weighted by Gasteiger charge is 2.38. The minimum atomic E-state index is -4.33. The van der Waals surface area contributed by atoms with Gasteiger partial charge < -0.3 is 10.0 Å². The Bertz CT molecular complexity index is 1280. The largest absolute Gasteiger partial charge is 0.390 e. The average molecular weight is 514 g/mol. The third-order valence-corrected chi connectivity index (χ3v) is 8.06. The molecule has 0 aliphatic carbocycles. The van der Waals surface area contributed by atoms with Crippen molar-refractivity contribution >= 4 is 43.2 Å². The fraction of sp³-hybridized carbons (Fsp3) is 0.364. The molecule has 1 amide bonds. The van der Waals surface area contributed by atoms with Gasteiger partial charge in [0.1, 0.15) is 10.4 Å². The lowest BCUT2D eigenvalue weighted by Gasteiger charge is -2.38. The topological polar surface area (TPSA) is 99.6 Å². The number of hydrogen-bond donors (Lipinski definition) is 2. The normalized spacial score (nSPS) is 16.5. The van der Waals surface area contributed by atoms with Gasteiger partial charge in [-0.15, -0.1) is 11.3 Å². The lowest BCUT2D eigenvalue weighted by molar-refractivity contribution is -0.150. The Morgan fingerprint density at radius 3 is 2.47 bits per heavy atom. The van der Waals surface area contributed by atoms with Crippen molar-refractivity contribution in [3.63, 3.8) is 0 Å². The third kappa shape index (κ3) is 5.50. The highest BCUT2D eigenvalue weighted by Crippen LogP contribution is 2.33. The Balaban J connectivity index is 1.39. The molecule has 2 aromatic carbocycles. The third-order valence-electron chi connectivity index (χ3n) is 5.85. The second kappa shape index (κ2) is 9.16.